The molecule has 0 aliphatic rings. The highest BCUT2D eigenvalue weighted by Gasteiger charge is 2.24. The lowest BCUT2D eigenvalue weighted by molar-refractivity contribution is -0.384. The number of rotatable bonds is 6. The van der Waals surface area contributed by atoms with Gasteiger partial charge in [-0.05, 0) is 26.3 Å². The molecule has 1 aromatic carbocycles. The van der Waals surface area contributed by atoms with Gasteiger partial charge in [0.1, 0.15) is 5.69 Å². The molecule has 0 radical (unpaired) electrons. The molecular weight excluding hydrogens is 258 g/mol. The van der Waals surface area contributed by atoms with Crippen LogP contribution >= 0.6 is 0 Å². The van der Waals surface area contributed by atoms with E-state index in [2.05, 4.69) is 5.32 Å². The van der Waals surface area contributed by atoms with E-state index in [1.165, 1.54) is 12.1 Å². The molecule has 0 aliphatic heterocycles. The first-order chi connectivity index (χ1) is 9.40. The molecule has 1 aromatic rings. The van der Waals surface area contributed by atoms with Crippen LogP contribution in [0.25, 0.3) is 0 Å². The van der Waals surface area contributed by atoms with Crippen LogP contribution in [-0.4, -0.2) is 35.4 Å². The van der Waals surface area contributed by atoms with Gasteiger partial charge in [0.15, 0.2) is 0 Å². The minimum atomic E-state index is -0.468. The SMILES string of the molecule is CCCNc1c(C(=O)N(C)C(C)C)cccc1[N+](=O)[O-]. The molecule has 0 unspecified atom stereocenters. The van der Waals surface area contributed by atoms with Crippen molar-refractivity contribution in [1.29, 1.82) is 0 Å². The second kappa shape index (κ2) is 6.88. The third kappa shape index (κ3) is 3.46. The minimum Gasteiger partial charge on any atom is -0.379 e. The normalized spacial score (nSPS) is 10.4. The Morgan fingerprint density at radius 3 is 2.60 bits per heavy atom. The first-order valence-corrected chi connectivity index (χ1v) is 6.68. The van der Waals surface area contributed by atoms with E-state index in [9.17, 15) is 14.9 Å². The Hall–Kier alpha value is -2.11. The van der Waals surface area contributed by atoms with Gasteiger partial charge in [0.2, 0.25) is 0 Å². The number of carbonyl (C=O) groups excluding carboxylic acids is 1. The molecule has 0 saturated carbocycles. The number of nitrogens with zero attached hydrogens (tertiary/aromatic N) is 2. The first-order valence-electron chi connectivity index (χ1n) is 6.68. The molecule has 0 saturated heterocycles. The fourth-order valence-corrected chi connectivity index (χ4v) is 1.73. The van der Waals surface area contributed by atoms with Crippen molar-refractivity contribution < 1.29 is 9.72 Å². The summed E-state index contributed by atoms with van der Waals surface area (Å²) in [5.41, 5.74) is 0.571. The average Bonchev–Trinajstić information content (AvgIpc) is 2.42. The Labute approximate surface area is 118 Å². The van der Waals surface area contributed by atoms with Crippen molar-refractivity contribution in [1.82, 2.24) is 4.90 Å². The van der Waals surface area contributed by atoms with E-state index in [0.717, 1.165) is 6.42 Å². The summed E-state index contributed by atoms with van der Waals surface area (Å²) in [5, 5.41) is 14.1. The number of para-hydroxylation sites is 1. The molecule has 0 bridgehead atoms. The monoisotopic (exact) mass is 279 g/mol. The predicted octanol–water partition coefficient (Wildman–Crippen LogP) is 2.90. The van der Waals surface area contributed by atoms with Crippen LogP contribution in [0.1, 0.15) is 37.6 Å². The summed E-state index contributed by atoms with van der Waals surface area (Å²) in [7, 11) is 1.69. The van der Waals surface area contributed by atoms with Crippen LogP contribution in [0, 0.1) is 10.1 Å². The van der Waals surface area contributed by atoms with Crippen LogP contribution in [-0.2, 0) is 0 Å². The minimum absolute atomic E-state index is 0.0285. The predicted molar refractivity (Wildman–Crippen MR) is 79.1 cm³/mol. The number of anilines is 1. The van der Waals surface area contributed by atoms with Gasteiger partial charge in [0.25, 0.3) is 11.6 Å². The van der Waals surface area contributed by atoms with Crippen LogP contribution in [0.3, 0.4) is 0 Å². The zero-order valence-corrected chi connectivity index (χ0v) is 12.3. The number of carbonyl (C=O) groups is 1. The van der Waals surface area contributed by atoms with Crippen molar-refractivity contribution in [3.8, 4) is 0 Å². The summed E-state index contributed by atoms with van der Waals surface area (Å²) in [4.78, 5) is 24.6. The number of nitro benzene ring substituents is 1. The van der Waals surface area contributed by atoms with Crippen molar-refractivity contribution in [3.63, 3.8) is 0 Å². The molecule has 0 spiro atoms. The summed E-state index contributed by atoms with van der Waals surface area (Å²) in [6.45, 7) is 6.34. The molecule has 20 heavy (non-hydrogen) atoms. The van der Waals surface area contributed by atoms with E-state index in [4.69, 9.17) is 0 Å². The van der Waals surface area contributed by atoms with E-state index in [1.54, 1.807) is 18.0 Å². The number of nitro groups is 1. The molecule has 1 N–H and O–H groups in total. The topological polar surface area (TPSA) is 75.5 Å². The van der Waals surface area contributed by atoms with Crippen LogP contribution < -0.4 is 5.32 Å². The second-order valence-corrected chi connectivity index (χ2v) is 4.89. The molecule has 6 heteroatoms. The largest absolute Gasteiger partial charge is 0.379 e. The molecule has 0 atom stereocenters. The summed E-state index contributed by atoms with van der Waals surface area (Å²) >= 11 is 0. The Bertz CT molecular complexity index is 500. The summed E-state index contributed by atoms with van der Waals surface area (Å²) in [6.07, 6.45) is 0.819. The van der Waals surface area contributed by atoms with E-state index >= 15 is 0 Å². The molecule has 6 nitrogen and oxygen atoms in total. The van der Waals surface area contributed by atoms with Gasteiger partial charge in [-0.1, -0.05) is 13.0 Å². The molecule has 0 heterocycles. The lowest BCUT2D eigenvalue weighted by Crippen LogP contribution is -2.33. The van der Waals surface area contributed by atoms with Crippen molar-refractivity contribution in [2.75, 3.05) is 18.9 Å². The second-order valence-electron chi connectivity index (χ2n) is 4.89. The highest BCUT2D eigenvalue weighted by Crippen LogP contribution is 2.29. The quantitative estimate of drug-likeness (QED) is 0.641. The third-order valence-electron chi connectivity index (χ3n) is 3.12. The van der Waals surface area contributed by atoms with Gasteiger partial charge in [-0.15, -0.1) is 0 Å². The fraction of sp³-hybridized carbons (Fsp3) is 0.500. The molecule has 1 rings (SSSR count). The van der Waals surface area contributed by atoms with E-state index in [1.807, 2.05) is 20.8 Å². The lowest BCUT2D eigenvalue weighted by atomic mass is 10.1. The van der Waals surface area contributed by atoms with Gasteiger partial charge in [0, 0.05) is 25.7 Å². The average molecular weight is 279 g/mol. The van der Waals surface area contributed by atoms with Gasteiger partial charge in [-0.3, -0.25) is 14.9 Å². The third-order valence-corrected chi connectivity index (χ3v) is 3.12. The van der Waals surface area contributed by atoms with Crippen LogP contribution in [0.15, 0.2) is 18.2 Å². The maximum atomic E-state index is 12.4. The van der Waals surface area contributed by atoms with E-state index < -0.39 is 4.92 Å². The molecule has 1 amide bonds. The van der Waals surface area contributed by atoms with E-state index in [0.29, 0.717) is 17.8 Å². The van der Waals surface area contributed by atoms with Crippen LogP contribution in [0.5, 0.6) is 0 Å². The zero-order chi connectivity index (χ0) is 15.3. The molecule has 0 aliphatic carbocycles. The zero-order valence-electron chi connectivity index (χ0n) is 12.3. The van der Waals surface area contributed by atoms with Gasteiger partial charge >= 0.3 is 0 Å². The molecule has 0 aromatic heterocycles. The van der Waals surface area contributed by atoms with Crippen molar-refractivity contribution in [2.45, 2.75) is 33.2 Å². The van der Waals surface area contributed by atoms with Gasteiger partial charge in [-0.25, -0.2) is 0 Å². The number of benzene rings is 1. The van der Waals surface area contributed by atoms with Gasteiger partial charge < -0.3 is 10.2 Å². The van der Waals surface area contributed by atoms with E-state index in [-0.39, 0.29) is 17.6 Å². The summed E-state index contributed by atoms with van der Waals surface area (Å²) in [6, 6.07) is 4.59. The van der Waals surface area contributed by atoms with Crippen molar-refractivity contribution in [2.24, 2.45) is 0 Å². The molecule has 0 fully saturated rings. The van der Waals surface area contributed by atoms with Crippen molar-refractivity contribution in [3.05, 3.63) is 33.9 Å². The molecular formula is C14H21N3O3. The van der Waals surface area contributed by atoms with Crippen molar-refractivity contribution >= 4 is 17.3 Å². The Morgan fingerprint density at radius 2 is 2.10 bits per heavy atom. The lowest BCUT2D eigenvalue weighted by Gasteiger charge is -2.23. The first kappa shape index (κ1) is 15.9. The Morgan fingerprint density at radius 1 is 1.45 bits per heavy atom. The highest BCUT2D eigenvalue weighted by molar-refractivity contribution is 6.01. The smallest absolute Gasteiger partial charge is 0.293 e. The van der Waals surface area contributed by atoms with Gasteiger partial charge in [0.05, 0.1) is 10.5 Å². The standard InChI is InChI=1S/C14H21N3O3/c1-5-9-15-13-11(14(18)16(4)10(2)3)7-6-8-12(13)17(19)20/h6-8,10,15H,5,9H2,1-4H3. The highest BCUT2D eigenvalue weighted by atomic mass is 16.6. The fourth-order valence-electron chi connectivity index (χ4n) is 1.73. The maximum Gasteiger partial charge on any atom is 0.293 e. The number of amides is 1. The maximum absolute atomic E-state index is 12.4. The Kier molecular flexibility index (Phi) is 5.49. The molecule has 110 valence electrons. The van der Waals surface area contributed by atoms with Gasteiger partial charge in [-0.2, -0.15) is 0 Å². The van der Waals surface area contributed by atoms with Crippen LogP contribution in [0.4, 0.5) is 11.4 Å². The number of hydrogen-bond acceptors (Lipinski definition) is 4. The summed E-state index contributed by atoms with van der Waals surface area (Å²) < 4.78 is 0. The Balaban J connectivity index is 3.27. The number of hydrogen-bond donors (Lipinski definition) is 1. The number of nitrogens with one attached hydrogen (secondary N) is 1. The van der Waals surface area contributed by atoms with Crippen LogP contribution in [0.2, 0.25) is 0 Å². The summed E-state index contributed by atoms with van der Waals surface area (Å²) in [5.74, 6) is -0.220.